The fourth-order valence-electron chi connectivity index (χ4n) is 4.76. The topological polar surface area (TPSA) is 96.0 Å². The lowest BCUT2D eigenvalue weighted by atomic mass is 9.87. The number of ether oxygens (including phenoxy) is 3. The lowest BCUT2D eigenvalue weighted by Crippen LogP contribution is -2.39. The van der Waals surface area contributed by atoms with Gasteiger partial charge in [0.2, 0.25) is 0 Å². The average Bonchev–Trinajstić information content (AvgIpc) is 3.36. The number of carbonyl (C=O) groups is 4. The molecule has 0 radical (unpaired) electrons. The van der Waals surface area contributed by atoms with Gasteiger partial charge in [0.1, 0.15) is 11.2 Å². The summed E-state index contributed by atoms with van der Waals surface area (Å²) < 4.78 is 15.0. The Morgan fingerprint density at radius 2 is 1.28 bits per heavy atom. The average molecular weight is 394 g/mol. The van der Waals surface area contributed by atoms with Crippen LogP contribution in [0.4, 0.5) is 0 Å². The first-order valence-electron chi connectivity index (χ1n) is 8.92. The fourth-order valence-corrected chi connectivity index (χ4v) is 4.76. The highest BCUT2D eigenvalue weighted by Gasteiger charge is 2.94. The quantitative estimate of drug-likeness (QED) is 0.579. The van der Waals surface area contributed by atoms with Crippen LogP contribution in [0.2, 0.25) is 0 Å². The molecule has 0 aromatic heterocycles. The Labute approximate surface area is 166 Å². The molecule has 0 N–H and O–H groups in total. The second kappa shape index (κ2) is 6.27. The molecule has 7 nitrogen and oxygen atoms in total. The number of hydrogen-bond acceptors (Lipinski definition) is 7. The van der Waals surface area contributed by atoms with E-state index in [0.717, 1.165) is 14.2 Å². The molecule has 2 aliphatic rings. The van der Waals surface area contributed by atoms with Gasteiger partial charge in [0.15, 0.2) is 17.0 Å². The van der Waals surface area contributed by atoms with Gasteiger partial charge < -0.3 is 14.2 Å². The maximum absolute atomic E-state index is 13.5. The van der Waals surface area contributed by atoms with E-state index < -0.39 is 40.3 Å². The van der Waals surface area contributed by atoms with Crippen LogP contribution < -0.4 is 4.74 Å². The molecule has 148 valence electrons. The number of rotatable bonds is 4. The number of benzene rings is 2. The van der Waals surface area contributed by atoms with E-state index in [1.165, 1.54) is 19.2 Å². The molecule has 2 aromatic rings. The molecule has 0 saturated heterocycles. The second-order valence-electron chi connectivity index (χ2n) is 7.01. The molecule has 0 bridgehead atoms. The SMILES string of the molecule is COC(=O)C1(C(=O)OC)C(c2ccc(OC)cc2)C12C(=O)c1ccccc1C2=O. The van der Waals surface area contributed by atoms with Crippen molar-refractivity contribution in [3.8, 4) is 5.75 Å². The predicted octanol–water partition coefficient (Wildman–Crippen LogP) is 2.19. The molecule has 4 rings (SSSR count). The molecule has 1 atom stereocenters. The van der Waals surface area contributed by atoms with Crippen molar-refractivity contribution in [2.45, 2.75) is 5.92 Å². The Morgan fingerprint density at radius 1 is 0.793 bits per heavy atom. The van der Waals surface area contributed by atoms with Crippen molar-refractivity contribution in [3.05, 3.63) is 65.2 Å². The lowest BCUT2D eigenvalue weighted by molar-refractivity contribution is -0.162. The maximum atomic E-state index is 13.5. The van der Waals surface area contributed by atoms with Crippen molar-refractivity contribution in [2.24, 2.45) is 10.8 Å². The van der Waals surface area contributed by atoms with Crippen molar-refractivity contribution in [3.63, 3.8) is 0 Å². The highest BCUT2D eigenvalue weighted by Crippen LogP contribution is 2.79. The molecule has 7 heteroatoms. The number of methoxy groups -OCH3 is 3. The second-order valence-corrected chi connectivity index (χ2v) is 7.01. The molecule has 1 fully saturated rings. The van der Waals surface area contributed by atoms with Gasteiger partial charge in [0, 0.05) is 17.0 Å². The minimum Gasteiger partial charge on any atom is -0.497 e. The van der Waals surface area contributed by atoms with Gasteiger partial charge in [-0.25, -0.2) is 0 Å². The van der Waals surface area contributed by atoms with Crippen LogP contribution in [-0.2, 0) is 19.1 Å². The number of ketones is 2. The van der Waals surface area contributed by atoms with Gasteiger partial charge in [0.25, 0.3) is 0 Å². The van der Waals surface area contributed by atoms with Crippen LogP contribution in [0.1, 0.15) is 32.2 Å². The first-order chi connectivity index (χ1) is 13.9. The number of hydrogen-bond donors (Lipinski definition) is 0. The summed E-state index contributed by atoms with van der Waals surface area (Å²) in [5.74, 6) is -3.59. The summed E-state index contributed by atoms with van der Waals surface area (Å²) in [7, 11) is 3.73. The summed E-state index contributed by atoms with van der Waals surface area (Å²) >= 11 is 0. The van der Waals surface area contributed by atoms with Gasteiger partial charge in [-0.05, 0) is 17.7 Å². The molecule has 2 aliphatic carbocycles. The molecular formula is C22H18O7. The van der Waals surface area contributed by atoms with E-state index in [2.05, 4.69) is 0 Å². The van der Waals surface area contributed by atoms with Crippen molar-refractivity contribution in [1.82, 2.24) is 0 Å². The minimum absolute atomic E-state index is 0.186. The first kappa shape index (κ1) is 18.9. The van der Waals surface area contributed by atoms with Gasteiger partial charge in [-0.1, -0.05) is 36.4 Å². The maximum Gasteiger partial charge on any atom is 0.325 e. The predicted molar refractivity (Wildman–Crippen MR) is 99.7 cm³/mol. The zero-order valence-electron chi connectivity index (χ0n) is 16.1. The number of carbonyl (C=O) groups excluding carboxylic acids is 4. The Kier molecular flexibility index (Phi) is 4.08. The molecule has 29 heavy (non-hydrogen) atoms. The summed E-state index contributed by atoms with van der Waals surface area (Å²) in [6, 6.07) is 12.8. The summed E-state index contributed by atoms with van der Waals surface area (Å²) in [4.78, 5) is 52.9. The van der Waals surface area contributed by atoms with Crippen LogP contribution >= 0.6 is 0 Å². The van der Waals surface area contributed by atoms with E-state index in [1.54, 1.807) is 36.4 Å². The normalized spacial score (nSPS) is 20.2. The Morgan fingerprint density at radius 3 is 1.69 bits per heavy atom. The van der Waals surface area contributed by atoms with Gasteiger partial charge in [-0.2, -0.15) is 0 Å². The van der Waals surface area contributed by atoms with E-state index in [9.17, 15) is 19.2 Å². The first-order valence-corrected chi connectivity index (χ1v) is 8.92. The van der Waals surface area contributed by atoms with Crippen molar-refractivity contribution < 1.29 is 33.4 Å². The summed E-state index contributed by atoms with van der Waals surface area (Å²) in [6.45, 7) is 0. The summed E-state index contributed by atoms with van der Waals surface area (Å²) in [5.41, 5.74) is -3.17. The van der Waals surface area contributed by atoms with E-state index in [1.807, 2.05) is 0 Å². The zero-order chi connectivity index (χ0) is 21.0. The summed E-state index contributed by atoms with van der Waals surface area (Å²) in [5, 5.41) is 0. The third-order valence-corrected chi connectivity index (χ3v) is 6.00. The Bertz CT molecular complexity index is 1000. The number of Topliss-reactive ketones (excluding diaryl/α,β-unsaturated/α-hetero) is 2. The molecule has 1 spiro atoms. The molecular weight excluding hydrogens is 376 g/mol. The van der Waals surface area contributed by atoms with Crippen LogP contribution in [0, 0.1) is 10.8 Å². The van der Waals surface area contributed by atoms with Crippen LogP contribution in [0.3, 0.4) is 0 Å². The van der Waals surface area contributed by atoms with E-state index in [0.29, 0.717) is 11.3 Å². The zero-order valence-corrected chi connectivity index (χ0v) is 16.1. The largest absolute Gasteiger partial charge is 0.497 e. The monoisotopic (exact) mass is 394 g/mol. The lowest BCUT2D eigenvalue weighted by Gasteiger charge is -2.15. The van der Waals surface area contributed by atoms with E-state index in [-0.39, 0.29) is 11.1 Å². The number of esters is 2. The van der Waals surface area contributed by atoms with Crippen molar-refractivity contribution in [1.29, 1.82) is 0 Å². The standard InChI is InChI=1S/C22H18O7/c1-27-13-10-8-12(9-11-13)16-21(22(16,19(25)28-2)20(26)29-3)17(23)14-6-4-5-7-15(14)18(21)24/h4-11,16H,1-3H3. The highest BCUT2D eigenvalue weighted by atomic mass is 16.5. The van der Waals surface area contributed by atoms with Crippen LogP contribution in [-0.4, -0.2) is 44.8 Å². The van der Waals surface area contributed by atoms with Crippen molar-refractivity contribution in [2.75, 3.05) is 21.3 Å². The van der Waals surface area contributed by atoms with Crippen LogP contribution in [0.5, 0.6) is 5.75 Å². The third-order valence-electron chi connectivity index (χ3n) is 6.00. The smallest absolute Gasteiger partial charge is 0.325 e. The Balaban J connectivity index is 1.99. The molecule has 2 aromatic carbocycles. The molecule has 0 aliphatic heterocycles. The van der Waals surface area contributed by atoms with Gasteiger partial charge >= 0.3 is 11.9 Å². The molecule has 1 saturated carbocycles. The summed E-state index contributed by atoms with van der Waals surface area (Å²) in [6.07, 6.45) is 0. The number of fused-ring (bicyclic) bond motifs is 1. The van der Waals surface area contributed by atoms with Gasteiger partial charge in [-0.3, -0.25) is 19.2 Å². The molecule has 0 heterocycles. The van der Waals surface area contributed by atoms with Crippen molar-refractivity contribution >= 4 is 23.5 Å². The highest BCUT2D eigenvalue weighted by molar-refractivity contribution is 6.39. The van der Waals surface area contributed by atoms with Gasteiger partial charge in [-0.15, -0.1) is 0 Å². The molecule has 0 amide bonds. The fraction of sp³-hybridized carbons (Fsp3) is 0.273. The van der Waals surface area contributed by atoms with Gasteiger partial charge in [0.05, 0.1) is 21.3 Å². The van der Waals surface area contributed by atoms with E-state index in [4.69, 9.17) is 14.2 Å². The Hall–Kier alpha value is -3.48. The minimum atomic E-state index is -2.09. The van der Waals surface area contributed by atoms with Crippen LogP contribution in [0.15, 0.2) is 48.5 Å². The van der Waals surface area contributed by atoms with Crippen LogP contribution in [0.25, 0.3) is 0 Å². The third kappa shape index (κ3) is 2.02. The van der Waals surface area contributed by atoms with E-state index >= 15 is 0 Å². The molecule has 1 unspecified atom stereocenters.